The molecule has 0 aliphatic heterocycles. The molecule has 3 N–H and O–H groups in total. The number of phenols is 2. The lowest BCUT2D eigenvalue weighted by Gasteiger charge is -2.38. The van der Waals surface area contributed by atoms with E-state index in [2.05, 4.69) is 0 Å². The second-order valence-corrected chi connectivity index (χ2v) is 8.18. The van der Waals surface area contributed by atoms with Crippen molar-refractivity contribution in [3.63, 3.8) is 0 Å². The van der Waals surface area contributed by atoms with Crippen LogP contribution in [0.2, 0.25) is 0 Å². The van der Waals surface area contributed by atoms with Crippen LogP contribution >= 0.6 is 0 Å². The van der Waals surface area contributed by atoms with E-state index < -0.39 is 5.60 Å². The summed E-state index contributed by atoms with van der Waals surface area (Å²) in [6.45, 7) is 11.6. The van der Waals surface area contributed by atoms with Gasteiger partial charge < -0.3 is 15.3 Å². The van der Waals surface area contributed by atoms with E-state index in [1.54, 1.807) is 0 Å². The third-order valence-corrected chi connectivity index (χ3v) is 6.39. The average molecular weight is 379 g/mol. The number of hydrogen-bond donors (Lipinski definition) is 3. The Hall–Kier alpha value is -2.52. The van der Waals surface area contributed by atoms with Crippen LogP contribution in [0.4, 0.5) is 0 Å². The molecule has 148 valence electrons. The molecular formula is C25H30O3. The number of aliphatic hydroxyl groups is 1. The highest BCUT2D eigenvalue weighted by molar-refractivity contribution is 5.57. The minimum absolute atomic E-state index is 0.306. The molecule has 1 aliphatic carbocycles. The standard InChI is InChI=1S/C25H30O3/c1-14-12-20(16(3)18(5)23(14)26)22(25(28)10-8-7-9-11-25)21-13-15(2)24(27)19(6)17(21)4/h7-10,12-13,22,26-28H,11H2,1-6H3. The van der Waals surface area contributed by atoms with Crippen molar-refractivity contribution in [3.05, 3.63) is 80.9 Å². The van der Waals surface area contributed by atoms with E-state index in [1.807, 2.05) is 78.0 Å². The summed E-state index contributed by atoms with van der Waals surface area (Å²) < 4.78 is 0. The van der Waals surface area contributed by atoms with Crippen molar-refractivity contribution in [1.82, 2.24) is 0 Å². The van der Waals surface area contributed by atoms with Gasteiger partial charge in [0.1, 0.15) is 11.5 Å². The Morgan fingerprint density at radius 1 is 0.750 bits per heavy atom. The third kappa shape index (κ3) is 3.14. The van der Waals surface area contributed by atoms with Crippen LogP contribution in [-0.4, -0.2) is 20.9 Å². The van der Waals surface area contributed by atoms with Gasteiger partial charge >= 0.3 is 0 Å². The fourth-order valence-electron chi connectivity index (χ4n) is 4.34. The van der Waals surface area contributed by atoms with Gasteiger partial charge in [-0.25, -0.2) is 0 Å². The highest BCUT2D eigenvalue weighted by Gasteiger charge is 2.39. The summed E-state index contributed by atoms with van der Waals surface area (Å²) in [5.74, 6) is 0.298. The summed E-state index contributed by atoms with van der Waals surface area (Å²) in [6.07, 6.45) is 8.20. The molecule has 0 heterocycles. The molecule has 0 fully saturated rings. The van der Waals surface area contributed by atoms with Crippen LogP contribution in [0.25, 0.3) is 0 Å². The molecule has 0 aromatic heterocycles. The maximum atomic E-state index is 11.7. The molecule has 0 saturated carbocycles. The fourth-order valence-corrected chi connectivity index (χ4v) is 4.34. The lowest BCUT2D eigenvalue weighted by atomic mass is 9.70. The Bertz CT molecular complexity index is 934. The zero-order valence-electron chi connectivity index (χ0n) is 17.6. The average Bonchev–Trinajstić information content (AvgIpc) is 2.67. The number of aromatic hydroxyl groups is 2. The molecule has 2 aromatic rings. The lowest BCUT2D eigenvalue weighted by Crippen LogP contribution is -2.36. The molecule has 0 bridgehead atoms. The van der Waals surface area contributed by atoms with Crippen molar-refractivity contribution in [1.29, 1.82) is 0 Å². The van der Waals surface area contributed by atoms with Gasteiger partial charge in [0.05, 0.1) is 5.60 Å². The molecule has 3 heteroatoms. The van der Waals surface area contributed by atoms with Gasteiger partial charge in [-0.1, -0.05) is 36.4 Å². The Morgan fingerprint density at radius 3 is 1.61 bits per heavy atom. The molecule has 0 radical (unpaired) electrons. The summed E-state index contributed by atoms with van der Waals surface area (Å²) >= 11 is 0. The molecule has 3 nitrogen and oxygen atoms in total. The second-order valence-electron chi connectivity index (χ2n) is 8.18. The minimum atomic E-state index is -1.09. The van der Waals surface area contributed by atoms with Crippen molar-refractivity contribution in [3.8, 4) is 11.5 Å². The fraction of sp³-hybridized carbons (Fsp3) is 0.360. The SMILES string of the molecule is Cc1cc(C(c2cc(C)c(O)c(C)c2C)C2(O)C=CC=CC2)c(C)c(C)c1O. The summed E-state index contributed by atoms with van der Waals surface area (Å²) in [4.78, 5) is 0. The Balaban J connectivity index is 2.37. The lowest BCUT2D eigenvalue weighted by molar-refractivity contribution is 0.0747. The van der Waals surface area contributed by atoms with Crippen molar-refractivity contribution in [2.24, 2.45) is 0 Å². The van der Waals surface area contributed by atoms with E-state index in [-0.39, 0.29) is 5.92 Å². The quantitative estimate of drug-likeness (QED) is 0.677. The molecule has 2 aromatic carbocycles. The van der Waals surface area contributed by atoms with E-state index in [9.17, 15) is 15.3 Å². The summed E-state index contributed by atoms with van der Waals surface area (Å²) in [5, 5.41) is 32.5. The normalized spacial score (nSPS) is 18.9. The van der Waals surface area contributed by atoms with Gasteiger partial charge in [0.15, 0.2) is 0 Å². The molecule has 1 unspecified atom stereocenters. The van der Waals surface area contributed by atoms with Gasteiger partial charge in [-0.05, 0) is 92.5 Å². The number of benzene rings is 2. The van der Waals surface area contributed by atoms with Crippen LogP contribution in [0.1, 0.15) is 56.8 Å². The summed E-state index contributed by atoms with van der Waals surface area (Å²) in [5.41, 5.74) is 6.15. The van der Waals surface area contributed by atoms with Gasteiger partial charge in [0.25, 0.3) is 0 Å². The van der Waals surface area contributed by atoms with E-state index in [0.29, 0.717) is 17.9 Å². The van der Waals surface area contributed by atoms with Crippen molar-refractivity contribution in [2.75, 3.05) is 0 Å². The van der Waals surface area contributed by atoms with Crippen LogP contribution in [0, 0.1) is 41.5 Å². The molecule has 3 rings (SSSR count). The maximum Gasteiger partial charge on any atom is 0.121 e. The second kappa shape index (κ2) is 7.14. The van der Waals surface area contributed by atoms with Crippen LogP contribution < -0.4 is 0 Å². The minimum Gasteiger partial charge on any atom is -0.507 e. The number of hydrogen-bond acceptors (Lipinski definition) is 3. The molecule has 28 heavy (non-hydrogen) atoms. The topological polar surface area (TPSA) is 60.7 Å². The molecular weight excluding hydrogens is 348 g/mol. The van der Waals surface area contributed by atoms with Gasteiger partial charge in [0, 0.05) is 5.92 Å². The van der Waals surface area contributed by atoms with E-state index in [0.717, 1.165) is 44.5 Å². The van der Waals surface area contributed by atoms with Crippen LogP contribution in [0.3, 0.4) is 0 Å². The molecule has 0 saturated heterocycles. The molecule has 1 atom stereocenters. The Kier molecular flexibility index (Phi) is 5.16. The molecule has 0 amide bonds. The van der Waals surface area contributed by atoms with Gasteiger partial charge in [-0.15, -0.1) is 0 Å². The van der Waals surface area contributed by atoms with Gasteiger partial charge in [-0.2, -0.15) is 0 Å². The van der Waals surface area contributed by atoms with E-state index in [4.69, 9.17) is 0 Å². The molecule has 0 spiro atoms. The van der Waals surface area contributed by atoms with Crippen molar-refractivity contribution < 1.29 is 15.3 Å². The van der Waals surface area contributed by atoms with Crippen molar-refractivity contribution in [2.45, 2.75) is 59.5 Å². The first-order valence-electron chi connectivity index (χ1n) is 9.74. The van der Waals surface area contributed by atoms with Crippen LogP contribution in [-0.2, 0) is 0 Å². The zero-order valence-corrected chi connectivity index (χ0v) is 17.6. The third-order valence-electron chi connectivity index (χ3n) is 6.39. The van der Waals surface area contributed by atoms with Crippen molar-refractivity contribution >= 4 is 0 Å². The Labute approximate surface area is 167 Å². The highest BCUT2D eigenvalue weighted by Crippen LogP contribution is 2.46. The predicted molar refractivity (Wildman–Crippen MR) is 114 cm³/mol. The highest BCUT2D eigenvalue weighted by atomic mass is 16.3. The van der Waals surface area contributed by atoms with Crippen LogP contribution in [0.5, 0.6) is 11.5 Å². The first kappa shape index (κ1) is 20.2. The van der Waals surface area contributed by atoms with E-state index >= 15 is 0 Å². The first-order valence-corrected chi connectivity index (χ1v) is 9.74. The predicted octanol–water partition coefficient (Wildman–Crippen LogP) is 5.33. The number of phenolic OH excluding ortho intramolecular Hbond substituents is 2. The zero-order chi connectivity index (χ0) is 20.8. The smallest absolute Gasteiger partial charge is 0.121 e. The number of allylic oxidation sites excluding steroid dienone is 2. The maximum absolute atomic E-state index is 11.7. The summed E-state index contributed by atoms with van der Waals surface area (Å²) in [6, 6.07) is 3.98. The van der Waals surface area contributed by atoms with Gasteiger partial charge in [0.2, 0.25) is 0 Å². The van der Waals surface area contributed by atoms with E-state index in [1.165, 1.54) is 0 Å². The largest absolute Gasteiger partial charge is 0.507 e. The first-order chi connectivity index (χ1) is 13.1. The number of aryl methyl sites for hydroxylation is 2. The summed E-state index contributed by atoms with van der Waals surface area (Å²) in [7, 11) is 0. The van der Waals surface area contributed by atoms with Crippen LogP contribution in [0.15, 0.2) is 36.4 Å². The molecule has 1 aliphatic rings. The monoisotopic (exact) mass is 378 g/mol. The Morgan fingerprint density at radius 2 is 1.21 bits per heavy atom. The van der Waals surface area contributed by atoms with Gasteiger partial charge in [-0.3, -0.25) is 0 Å². The number of rotatable bonds is 3.